The highest BCUT2D eigenvalue weighted by molar-refractivity contribution is 5.99. The Labute approximate surface area is 124 Å². The lowest BCUT2D eigenvalue weighted by Crippen LogP contribution is -2.04. The van der Waals surface area contributed by atoms with Gasteiger partial charge in [0, 0.05) is 25.6 Å². The van der Waals surface area contributed by atoms with E-state index in [1.807, 2.05) is 43.8 Å². The van der Waals surface area contributed by atoms with Crippen LogP contribution in [0, 0.1) is 13.8 Å². The van der Waals surface area contributed by atoms with Gasteiger partial charge in [0.1, 0.15) is 5.75 Å². The van der Waals surface area contributed by atoms with Crippen LogP contribution < -0.4 is 4.74 Å². The Morgan fingerprint density at radius 1 is 1.38 bits per heavy atom. The Bertz CT molecular complexity index is 701. The van der Waals surface area contributed by atoms with Crippen LogP contribution >= 0.6 is 0 Å². The summed E-state index contributed by atoms with van der Waals surface area (Å²) in [6.45, 7) is 4.72. The van der Waals surface area contributed by atoms with E-state index in [4.69, 9.17) is 4.74 Å². The molecule has 0 amide bonds. The van der Waals surface area contributed by atoms with E-state index in [1.165, 1.54) is 5.56 Å². The molecule has 0 bridgehead atoms. The Morgan fingerprint density at radius 2 is 2.19 bits per heavy atom. The molecule has 4 nitrogen and oxygen atoms in total. The van der Waals surface area contributed by atoms with Crippen molar-refractivity contribution >= 4 is 5.78 Å². The number of ketones is 1. The molecular formula is C17H20N2O2. The molecule has 0 atom stereocenters. The largest absolute Gasteiger partial charge is 0.492 e. The molecule has 110 valence electrons. The molecule has 1 aliphatic rings. The van der Waals surface area contributed by atoms with Gasteiger partial charge in [0.15, 0.2) is 5.78 Å². The third-order valence-corrected chi connectivity index (χ3v) is 4.28. The minimum atomic E-state index is 0.149. The van der Waals surface area contributed by atoms with E-state index < -0.39 is 0 Å². The highest BCUT2D eigenvalue weighted by Crippen LogP contribution is 2.30. The maximum atomic E-state index is 12.5. The average molecular weight is 284 g/mol. The highest BCUT2D eigenvalue weighted by atomic mass is 16.5. The van der Waals surface area contributed by atoms with Gasteiger partial charge in [0.05, 0.1) is 17.9 Å². The molecule has 21 heavy (non-hydrogen) atoms. The van der Waals surface area contributed by atoms with Gasteiger partial charge in [-0.15, -0.1) is 0 Å². The number of carbonyl (C=O) groups excluding carboxylic acids is 1. The third-order valence-electron chi connectivity index (χ3n) is 4.28. The zero-order valence-corrected chi connectivity index (χ0v) is 12.8. The summed E-state index contributed by atoms with van der Waals surface area (Å²) < 4.78 is 7.49. The van der Waals surface area contributed by atoms with Gasteiger partial charge in [0.25, 0.3) is 0 Å². The SMILES string of the molecule is Cc1nn(C)c(C)c1CCC(=O)c1cccc2c1OCC2. The van der Waals surface area contributed by atoms with Crippen LogP contribution in [0.1, 0.15) is 39.3 Å². The van der Waals surface area contributed by atoms with E-state index in [0.717, 1.165) is 41.1 Å². The predicted molar refractivity (Wildman–Crippen MR) is 81.0 cm³/mol. The molecule has 0 unspecified atom stereocenters. The second kappa shape index (κ2) is 5.35. The number of rotatable bonds is 4. The molecule has 4 heteroatoms. The van der Waals surface area contributed by atoms with Crippen LogP contribution in [-0.4, -0.2) is 22.2 Å². The zero-order valence-electron chi connectivity index (χ0n) is 12.8. The molecule has 0 fully saturated rings. The number of aryl methyl sites for hydroxylation is 2. The van der Waals surface area contributed by atoms with Crippen LogP contribution in [0.2, 0.25) is 0 Å². The van der Waals surface area contributed by atoms with E-state index in [2.05, 4.69) is 5.10 Å². The van der Waals surface area contributed by atoms with Crippen molar-refractivity contribution in [3.63, 3.8) is 0 Å². The lowest BCUT2D eigenvalue weighted by Gasteiger charge is -2.07. The quantitative estimate of drug-likeness (QED) is 0.811. The fourth-order valence-corrected chi connectivity index (χ4v) is 2.99. The highest BCUT2D eigenvalue weighted by Gasteiger charge is 2.21. The normalized spacial score (nSPS) is 13.1. The molecule has 1 aromatic heterocycles. The molecule has 0 aliphatic carbocycles. The average Bonchev–Trinajstić information content (AvgIpc) is 3.02. The van der Waals surface area contributed by atoms with E-state index in [0.29, 0.717) is 13.0 Å². The summed E-state index contributed by atoms with van der Waals surface area (Å²) in [6.07, 6.45) is 2.12. The molecule has 1 aromatic carbocycles. The lowest BCUT2D eigenvalue weighted by atomic mass is 9.99. The summed E-state index contributed by atoms with van der Waals surface area (Å²) in [7, 11) is 1.94. The maximum Gasteiger partial charge on any atom is 0.166 e. The van der Waals surface area contributed by atoms with E-state index >= 15 is 0 Å². The monoisotopic (exact) mass is 284 g/mol. The Balaban J connectivity index is 1.77. The molecule has 2 heterocycles. The standard InChI is InChI=1S/C17H20N2O2/c1-11-14(12(2)19(3)18-11)7-8-16(20)15-6-4-5-13-9-10-21-17(13)15/h4-6H,7-10H2,1-3H3. The van der Waals surface area contributed by atoms with Crippen LogP contribution in [0.5, 0.6) is 5.75 Å². The first kappa shape index (κ1) is 13.9. The molecule has 0 saturated heterocycles. The minimum absolute atomic E-state index is 0.149. The van der Waals surface area contributed by atoms with Crippen molar-refractivity contribution in [3.8, 4) is 5.75 Å². The number of nitrogens with zero attached hydrogens (tertiary/aromatic N) is 2. The molecule has 2 aromatic rings. The van der Waals surface area contributed by atoms with Gasteiger partial charge in [-0.2, -0.15) is 5.10 Å². The molecule has 1 aliphatic heterocycles. The summed E-state index contributed by atoms with van der Waals surface area (Å²) in [5.41, 5.74) is 5.20. The fourth-order valence-electron chi connectivity index (χ4n) is 2.99. The molecule has 0 N–H and O–H groups in total. The summed E-state index contributed by atoms with van der Waals surface area (Å²) in [5, 5.41) is 4.40. The molecule has 0 radical (unpaired) electrons. The molecule has 0 saturated carbocycles. The van der Waals surface area contributed by atoms with Crippen LogP contribution in [0.3, 0.4) is 0 Å². The number of carbonyl (C=O) groups is 1. The molecule has 3 rings (SSSR count). The summed E-state index contributed by atoms with van der Waals surface area (Å²) in [5.74, 6) is 0.943. The number of fused-ring (bicyclic) bond motifs is 1. The fraction of sp³-hybridized carbons (Fsp3) is 0.412. The first-order valence-electron chi connectivity index (χ1n) is 7.35. The van der Waals surface area contributed by atoms with Crippen molar-refractivity contribution in [1.29, 1.82) is 0 Å². The van der Waals surface area contributed by atoms with Crippen molar-refractivity contribution in [2.75, 3.05) is 6.61 Å². The number of para-hydroxylation sites is 1. The maximum absolute atomic E-state index is 12.5. The Hall–Kier alpha value is -2.10. The van der Waals surface area contributed by atoms with Crippen molar-refractivity contribution in [1.82, 2.24) is 9.78 Å². The number of ether oxygens (including phenoxy) is 1. The summed E-state index contributed by atoms with van der Waals surface area (Å²) in [6, 6.07) is 5.85. The van der Waals surface area contributed by atoms with E-state index in [9.17, 15) is 4.79 Å². The summed E-state index contributed by atoms with van der Waals surface area (Å²) in [4.78, 5) is 12.5. The van der Waals surface area contributed by atoms with Crippen LogP contribution in [0.25, 0.3) is 0 Å². The topological polar surface area (TPSA) is 44.1 Å². The van der Waals surface area contributed by atoms with Crippen LogP contribution in [0.4, 0.5) is 0 Å². The smallest absolute Gasteiger partial charge is 0.166 e. The number of aromatic nitrogens is 2. The second-order valence-electron chi connectivity index (χ2n) is 5.59. The zero-order chi connectivity index (χ0) is 15.0. The van der Waals surface area contributed by atoms with E-state index in [-0.39, 0.29) is 5.78 Å². The Kier molecular flexibility index (Phi) is 3.53. The summed E-state index contributed by atoms with van der Waals surface area (Å²) >= 11 is 0. The number of hydrogen-bond donors (Lipinski definition) is 0. The molecular weight excluding hydrogens is 264 g/mol. The Morgan fingerprint density at radius 3 is 2.90 bits per heavy atom. The van der Waals surface area contributed by atoms with Gasteiger partial charge in [-0.1, -0.05) is 12.1 Å². The van der Waals surface area contributed by atoms with Gasteiger partial charge in [-0.25, -0.2) is 0 Å². The molecule has 0 spiro atoms. The minimum Gasteiger partial charge on any atom is -0.492 e. The van der Waals surface area contributed by atoms with Gasteiger partial charge >= 0.3 is 0 Å². The first-order chi connectivity index (χ1) is 10.1. The third kappa shape index (κ3) is 2.46. The second-order valence-corrected chi connectivity index (χ2v) is 5.59. The van der Waals surface area contributed by atoms with Crippen LogP contribution in [-0.2, 0) is 19.9 Å². The van der Waals surface area contributed by atoms with E-state index in [1.54, 1.807) is 0 Å². The number of Topliss-reactive ketones (excluding diaryl/α,β-unsaturated/α-hetero) is 1. The van der Waals surface area contributed by atoms with Crippen molar-refractivity contribution in [2.45, 2.75) is 33.1 Å². The van der Waals surface area contributed by atoms with Crippen molar-refractivity contribution in [2.24, 2.45) is 7.05 Å². The van der Waals surface area contributed by atoms with Gasteiger partial charge < -0.3 is 4.74 Å². The van der Waals surface area contributed by atoms with Crippen molar-refractivity contribution < 1.29 is 9.53 Å². The number of hydrogen-bond acceptors (Lipinski definition) is 3. The van der Waals surface area contributed by atoms with Gasteiger partial charge in [-0.3, -0.25) is 9.48 Å². The van der Waals surface area contributed by atoms with Crippen molar-refractivity contribution in [3.05, 3.63) is 46.3 Å². The lowest BCUT2D eigenvalue weighted by molar-refractivity contribution is 0.0979. The van der Waals surface area contributed by atoms with Gasteiger partial charge in [-0.05, 0) is 37.5 Å². The van der Waals surface area contributed by atoms with Gasteiger partial charge in [0.2, 0.25) is 0 Å². The van der Waals surface area contributed by atoms with Crippen LogP contribution in [0.15, 0.2) is 18.2 Å². The number of benzene rings is 1. The predicted octanol–water partition coefficient (Wildman–Crippen LogP) is 2.79. The first-order valence-corrected chi connectivity index (χ1v) is 7.35.